The Bertz CT molecular complexity index is 562. The molecule has 0 aliphatic rings. The summed E-state index contributed by atoms with van der Waals surface area (Å²) in [6, 6.07) is 0. The molecule has 0 spiro atoms. The van der Waals surface area contributed by atoms with Crippen molar-refractivity contribution in [2.75, 3.05) is 19.6 Å². The van der Waals surface area contributed by atoms with Crippen LogP contribution in [0.1, 0.15) is 51.5 Å². The average Bonchev–Trinajstić information content (AvgIpc) is 2.81. The normalized spacial score (nSPS) is 11.5. The molecule has 0 atom stereocenters. The Morgan fingerprint density at radius 1 is 1.19 bits per heavy atom. The maximum Gasteiger partial charge on any atom is 0.407 e. The van der Waals surface area contributed by atoms with Crippen LogP contribution in [0.15, 0.2) is 9.41 Å². The summed E-state index contributed by atoms with van der Waals surface area (Å²) >= 11 is 0. The molecule has 0 radical (unpaired) electrons. The number of carbonyl (C=O) groups excluding carboxylic acids is 1. The van der Waals surface area contributed by atoms with Gasteiger partial charge in [-0.1, -0.05) is 0 Å². The minimum Gasteiger partial charge on any atom is -0.444 e. The number of oxazole rings is 1. The van der Waals surface area contributed by atoms with Crippen molar-refractivity contribution >= 4 is 36.0 Å². The molecule has 1 amide bonds. The van der Waals surface area contributed by atoms with Crippen LogP contribution in [0.5, 0.6) is 0 Å². The molecule has 9 heteroatoms. The molecular formula is C17H32IN5O3. The fourth-order valence-electron chi connectivity index (χ4n) is 1.90. The lowest BCUT2D eigenvalue weighted by molar-refractivity contribution is 0.0527. The number of carbonyl (C=O) groups is 1. The zero-order valence-corrected chi connectivity index (χ0v) is 18.9. The van der Waals surface area contributed by atoms with Crippen molar-refractivity contribution in [2.24, 2.45) is 4.99 Å². The van der Waals surface area contributed by atoms with E-state index in [0.717, 1.165) is 24.4 Å². The summed E-state index contributed by atoms with van der Waals surface area (Å²) in [7, 11) is 0. The SMILES string of the molecule is CCNC(=NCc1nc(C)c(C)o1)NCCCNC(=O)OC(C)(C)C.I. The van der Waals surface area contributed by atoms with Gasteiger partial charge in [-0.15, -0.1) is 24.0 Å². The number of guanidine groups is 1. The lowest BCUT2D eigenvalue weighted by atomic mass is 10.2. The van der Waals surface area contributed by atoms with Crippen LogP contribution in [-0.2, 0) is 11.3 Å². The van der Waals surface area contributed by atoms with Crippen LogP contribution in [0.2, 0.25) is 0 Å². The minimum atomic E-state index is -0.482. The van der Waals surface area contributed by atoms with Crippen LogP contribution in [-0.4, -0.2) is 42.3 Å². The topological polar surface area (TPSA) is 101 Å². The molecule has 0 bridgehead atoms. The number of hydrogen-bond donors (Lipinski definition) is 3. The molecule has 8 nitrogen and oxygen atoms in total. The summed E-state index contributed by atoms with van der Waals surface area (Å²) in [5, 5.41) is 9.10. The molecule has 1 aromatic rings. The number of rotatable bonds is 7. The quantitative estimate of drug-likeness (QED) is 0.240. The molecule has 0 saturated carbocycles. The Morgan fingerprint density at radius 3 is 2.38 bits per heavy atom. The number of hydrogen-bond acceptors (Lipinski definition) is 5. The van der Waals surface area contributed by atoms with Crippen LogP contribution < -0.4 is 16.0 Å². The van der Waals surface area contributed by atoms with E-state index in [4.69, 9.17) is 9.15 Å². The van der Waals surface area contributed by atoms with E-state index in [1.54, 1.807) is 0 Å². The van der Waals surface area contributed by atoms with Crippen molar-refractivity contribution in [1.29, 1.82) is 0 Å². The predicted octanol–water partition coefficient (Wildman–Crippen LogP) is 2.88. The number of nitrogens with zero attached hydrogens (tertiary/aromatic N) is 2. The highest BCUT2D eigenvalue weighted by molar-refractivity contribution is 14.0. The summed E-state index contributed by atoms with van der Waals surface area (Å²) in [4.78, 5) is 20.3. The molecule has 0 aromatic carbocycles. The molecule has 26 heavy (non-hydrogen) atoms. The highest BCUT2D eigenvalue weighted by Gasteiger charge is 2.15. The maximum absolute atomic E-state index is 11.5. The molecule has 1 aromatic heterocycles. The lowest BCUT2D eigenvalue weighted by Crippen LogP contribution is -2.39. The van der Waals surface area contributed by atoms with Crippen molar-refractivity contribution < 1.29 is 13.9 Å². The first-order valence-electron chi connectivity index (χ1n) is 8.63. The van der Waals surface area contributed by atoms with E-state index in [9.17, 15) is 4.79 Å². The molecule has 1 rings (SSSR count). The Labute approximate surface area is 173 Å². The first-order valence-corrected chi connectivity index (χ1v) is 8.63. The van der Waals surface area contributed by atoms with Gasteiger partial charge in [-0.25, -0.2) is 14.8 Å². The van der Waals surface area contributed by atoms with Gasteiger partial charge in [0.15, 0.2) is 5.96 Å². The van der Waals surface area contributed by atoms with Gasteiger partial charge in [-0.2, -0.15) is 0 Å². The van der Waals surface area contributed by atoms with Gasteiger partial charge >= 0.3 is 6.09 Å². The van der Waals surface area contributed by atoms with E-state index >= 15 is 0 Å². The molecule has 3 N–H and O–H groups in total. The molecule has 150 valence electrons. The zero-order valence-electron chi connectivity index (χ0n) is 16.6. The summed E-state index contributed by atoms with van der Waals surface area (Å²) in [6.07, 6.45) is 0.351. The summed E-state index contributed by atoms with van der Waals surface area (Å²) < 4.78 is 10.7. The van der Waals surface area contributed by atoms with Gasteiger partial charge in [0.05, 0.1) is 5.69 Å². The fourth-order valence-corrected chi connectivity index (χ4v) is 1.90. The minimum absolute atomic E-state index is 0. The van der Waals surface area contributed by atoms with Gasteiger partial charge in [-0.05, 0) is 48.0 Å². The van der Waals surface area contributed by atoms with Crippen LogP contribution >= 0.6 is 24.0 Å². The highest BCUT2D eigenvalue weighted by atomic mass is 127. The molecular weight excluding hydrogens is 449 g/mol. The van der Waals surface area contributed by atoms with E-state index in [2.05, 4.69) is 25.9 Å². The van der Waals surface area contributed by atoms with Crippen LogP contribution in [0.4, 0.5) is 4.79 Å². The van der Waals surface area contributed by atoms with Gasteiger partial charge < -0.3 is 25.1 Å². The summed E-state index contributed by atoms with van der Waals surface area (Å²) in [5.41, 5.74) is 0.403. The summed E-state index contributed by atoms with van der Waals surface area (Å²) in [5.74, 6) is 2.10. The van der Waals surface area contributed by atoms with Crippen molar-refractivity contribution in [3.8, 4) is 0 Å². The van der Waals surface area contributed by atoms with Crippen LogP contribution in [0.3, 0.4) is 0 Å². The Balaban J connectivity index is 0.00000625. The number of aromatic nitrogens is 1. The molecule has 0 saturated heterocycles. The third kappa shape index (κ3) is 10.5. The monoisotopic (exact) mass is 481 g/mol. The Hall–Kier alpha value is -1.52. The second-order valence-electron chi connectivity index (χ2n) is 6.65. The predicted molar refractivity (Wildman–Crippen MR) is 113 cm³/mol. The third-order valence-electron chi connectivity index (χ3n) is 3.10. The highest BCUT2D eigenvalue weighted by Crippen LogP contribution is 2.09. The van der Waals surface area contributed by atoms with Gasteiger partial charge in [0.1, 0.15) is 17.9 Å². The number of aliphatic imine (C=N–C) groups is 1. The number of halogens is 1. The standard InChI is InChI=1S/C17H31N5O3.HI/c1-7-18-15(21-11-14-22-12(2)13(3)24-14)19-9-8-10-20-16(23)25-17(4,5)6;/h7-11H2,1-6H3,(H,20,23)(H2,18,19,21);1H. The van der Waals surface area contributed by atoms with Crippen LogP contribution in [0, 0.1) is 13.8 Å². The largest absolute Gasteiger partial charge is 0.444 e. The maximum atomic E-state index is 11.5. The van der Waals surface area contributed by atoms with Gasteiger partial charge in [0, 0.05) is 19.6 Å². The zero-order chi connectivity index (χ0) is 18.9. The van der Waals surface area contributed by atoms with E-state index < -0.39 is 11.7 Å². The van der Waals surface area contributed by atoms with Crippen molar-refractivity contribution in [1.82, 2.24) is 20.9 Å². The molecule has 0 aliphatic carbocycles. The molecule has 1 heterocycles. The first kappa shape index (κ1) is 24.5. The van der Waals surface area contributed by atoms with Gasteiger partial charge in [0.25, 0.3) is 0 Å². The molecule has 0 fully saturated rings. The van der Waals surface area contributed by atoms with Gasteiger partial charge in [0.2, 0.25) is 5.89 Å². The number of nitrogens with one attached hydrogen (secondary N) is 3. The van der Waals surface area contributed by atoms with E-state index in [1.807, 2.05) is 41.5 Å². The number of ether oxygens (including phenoxy) is 1. The van der Waals surface area contributed by atoms with Crippen molar-refractivity contribution in [3.05, 3.63) is 17.3 Å². The Morgan fingerprint density at radius 2 is 1.85 bits per heavy atom. The van der Waals surface area contributed by atoms with E-state index in [1.165, 1.54) is 0 Å². The fraction of sp³-hybridized carbons (Fsp3) is 0.706. The number of amides is 1. The third-order valence-corrected chi connectivity index (χ3v) is 3.10. The van der Waals surface area contributed by atoms with Crippen molar-refractivity contribution in [3.63, 3.8) is 0 Å². The summed E-state index contributed by atoms with van der Waals surface area (Å²) in [6.45, 7) is 13.6. The second kappa shape index (κ2) is 12.0. The number of aryl methyl sites for hydroxylation is 2. The van der Waals surface area contributed by atoms with E-state index in [0.29, 0.717) is 31.5 Å². The lowest BCUT2D eigenvalue weighted by Gasteiger charge is -2.19. The van der Waals surface area contributed by atoms with Crippen LogP contribution in [0.25, 0.3) is 0 Å². The van der Waals surface area contributed by atoms with Gasteiger partial charge in [-0.3, -0.25) is 0 Å². The number of alkyl carbamates (subject to hydrolysis) is 1. The first-order chi connectivity index (χ1) is 11.7. The second-order valence-corrected chi connectivity index (χ2v) is 6.65. The average molecular weight is 481 g/mol. The smallest absolute Gasteiger partial charge is 0.407 e. The molecule has 0 unspecified atom stereocenters. The molecule has 0 aliphatic heterocycles. The Kier molecular flexibility index (Phi) is 11.3. The van der Waals surface area contributed by atoms with Crippen molar-refractivity contribution in [2.45, 2.75) is 60.1 Å². The van der Waals surface area contributed by atoms with E-state index in [-0.39, 0.29) is 24.0 Å².